The predicted molar refractivity (Wildman–Crippen MR) is 70.6 cm³/mol. The monoisotopic (exact) mass is 238 g/mol. The second kappa shape index (κ2) is 5.28. The molecule has 0 fully saturated rings. The molecule has 18 heavy (non-hydrogen) atoms. The third kappa shape index (κ3) is 2.64. The standard InChI is InChI=1S/C14H14N4/c1-10(2)11-3-5-12(6-4-11)18-14-13(9-15)16-7-8-17-14/h3-8,10H,1-2H3,(H,17,18). The van der Waals surface area contributed by atoms with Gasteiger partial charge in [0, 0.05) is 18.1 Å². The third-order valence-electron chi connectivity index (χ3n) is 2.64. The van der Waals surface area contributed by atoms with Crippen molar-refractivity contribution >= 4 is 11.5 Å². The van der Waals surface area contributed by atoms with E-state index in [4.69, 9.17) is 5.26 Å². The summed E-state index contributed by atoms with van der Waals surface area (Å²) < 4.78 is 0. The minimum atomic E-state index is 0.297. The van der Waals surface area contributed by atoms with Crippen molar-refractivity contribution in [2.75, 3.05) is 5.32 Å². The zero-order chi connectivity index (χ0) is 13.0. The fraction of sp³-hybridized carbons (Fsp3) is 0.214. The van der Waals surface area contributed by atoms with Crippen LogP contribution in [-0.2, 0) is 0 Å². The van der Waals surface area contributed by atoms with Crippen LogP contribution in [0.2, 0.25) is 0 Å². The lowest BCUT2D eigenvalue weighted by Crippen LogP contribution is -1.98. The van der Waals surface area contributed by atoms with Crippen molar-refractivity contribution in [3.63, 3.8) is 0 Å². The Bertz CT molecular complexity index is 567. The van der Waals surface area contributed by atoms with Crippen LogP contribution in [0.5, 0.6) is 0 Å². The van der Waals surface area contributed by atoms with Crippen molar-refractivity contribution in [1.82, 2.24) is 9.97 Å². The molecule has 0 amide bonds. The Morgan fingerprint density at radius 1 is 1.11 bits per heavy atom. The number of aromatic nitrogens is 2. The van der Waals surface area contributed by atoms with Gasteiger partial charge in [0.25, 0.3) is 0 Å². The first-order valence-corrected chi connectivity index (χ1v) is 5.79. The van der Waals surface area contributed by atoms with Gasteiger partial charge in [-0.3, -0.25) is 0 Å². The number of anilines is 2. The van der Waals surface area contributed by atoms with Gasteiger partial charge >= 0.3 is 0 Å². The molecule has 2 rings (SSSR count). The summed E-state index contributed by atoms with van der Waals surface area (Å²) in [5.41, 5.74) is 2.47. The van der Waals surface area contributed by atoms with Crippen LogP contribution in [0.3, 0.4) is 0 Å². The summed E-state index contributed by atoms with van der Waals surface area (Å²) in [5.74, 6) is 0.988. The normalized spacial score (nSPS) is 10.1. The van der Waals surface area contributed by atoms with Crippen molar-refractivity contribution in [1.29, 1.82) is 5.26 Å². The Morgan fingerprint density at radius 3 is 2.39 bits per heavy atom. The highest BCUT2D eigenvalue weighted by Crippen LogP contribution is 2.20. The quantitative estimate of drug-likeness (QED) is 0.891. The van der Waals surface area contributed by atoms with Gasteiger partial charge in [-0.15, -0.1) is 0 Å². The van der Waals surface area contributed by atoms with Gasteiger partial charge in [-0.2, -0.15) is 5.26 Å². The van der Waals surface area contributed by atoms with E-state index in [2.05, 4.69) is 41.3 Å². The number of nitriles is 1. The van der Waals surface area contributed by atoms with Gasteiger partial charge in [-0.05, 0) is 23.6 Å². The van der Waals surface area contributed by atoms with E-state index in [1.54, 1.807) is 6.20 Å². The Morgan fingerprint density at radius 2 is 1.78 bits per heavy atom. The van der Waals surface area contributed by atoms with Crippen LogP contribution >= 0.6 is 0 Å². The molecule has 4 heteroatoms. The molecular weight excluding hydrogens is 224 g/mol. The molecule has 90 valence electrons. The van der Waals surface area contributed by atoms with E-state index >= 15 is 0 Å². The molecule has 0 radical (unpaired) electrons. The number of hydrogen-bond acceptors (Lipinski definition) is 4. The largest absolute Gasteiger partial charge is 0.338 e. The zero-order valence-corrected chi connectivity index (χ0v) is 10.4. The fourth-order valence-corrected chi connectivity index (χ4v) is 1.60. The molecule has 4 nitrogen and oxygen atoms in total. The molecule has 0 atom stereocenters. The van der Waals surface area contributed by atoms with E-state index in [9.17, 15) is 0 Å². The minimum Gasteiger partial charge on any atom is -0.338 e. The topological polar surface area (TPSA) is 61.6 Å². The Balaban J connectivity index is 2.22. The van der Waals surface area contributed by atoms with Crippen LogP contribution in [-0.4, -0.2) is 9.97 Å². The van der Waals surface area contributed by atoms with E-state index in [-0.39, 0.29) is 0 Å². The van der Waals surface area contributed by atoms with Gasteiger partial charge < -0.3 is 5.32 Å². The number of nitrogens with one attached hydrogen (secondary N) is 1. The number of hydrogen-bond donors (Lipinski definition) is 1. The van der Waals surface area contributed by atoms with Crippen molar-refractivity contribution < 1.29 is 0 Å². The number of benzene rings is 1. The molecule has 0 aliphatic carbocycles. The van der Waals surface area contributed by atoms with Crippen LogP contribution in [0.25, 0.3) is 0 Å². The fourth-order valence-electron chi connectivity index (χ4n) is 1.60. The molecule has 0 spiro atoms. The maximum atomic E-state index is 8.92. The summed E-state index contributed by atoms with van der Waals surface area (Å²) in [6, 6.07) is 10.1. The van der Waals surface area contributed by atoms with Gasteiger partial charge in [-0.1, -0.05) is 26.0 Å². The molecule has 0 saturated heterocycles. The van der Waals surface area contributed by atoms with Crippen molar-refractivity contribution in [3.05, 3.63) is 47.9 Å². The van der Waals surface area contributed by atoms with Gasteiger partial charge in [0.1, 0.15) is 6.07 Å². The molecule has 0 unspecified atom stereocenters. The molecular formula is C14H14N4. The second-order valence-corrected chi connectivity index (χ2v) is 4.27. The van der Waals surface area contributed by atoms with E-state index in [0.29, 0.717) is 17.4 Å². The van der Waals surface area contributed by atoms with Gasteiger partial charge in [-0.25, -0.2) is 9.97 Å². The third-order valence-corrected chi connectivity index (χ3v) is 2.64. The summed E-state index contributed by atoms with van der Waals surface area (Å²) in [7, 11) is 0. The van der Waals surface area contributed by atoms with Gasteiger partial charge in [0.05, 0.1) is 0 Å². The highest BCUT2D eigenvalue weighted by atomic mass is 15.0. The molecule has 1 N–H and O–H groups in total. The molecule has 0 aliphatic rings. The molecule has 0 saturated carbocycles. The lowest BCUT2D eigenvalue weighted by molar-refractivity contribution is 0.867. The van der Waals surface area contributed by atoms with Crippen LogP contribution < -0.4 is 5.32 Å². The highest BCUT2D eigenvalue weighted by Gasteiger charge is 2.04. The summed E-state index contributed by atoms with van der Waals surface area (Å²) in [4.78, 5) is 8.06. The number of rotatable bonds is 3. The second-order valence-electron chi connectivity index (χ2n) is 4.27. The highest BCUT2D eigenvalue weighted by molar-refractivity contribution is 5.60. The lowest BCUT2D eigenvalue weighted by atomic mass is 10.0. The van der Waals surface area contributed by atoms with Crippen LogP contribution in [0.15, 0.2) is 36.7 Å². The van der Waals surface area contributed by atoms with E-state index in [1.165, 1.54) is 11.8 Å². The average molecular weight is 238 g/mol. The summed E-state index contributed by atoms with van der Waals surface area (Å²) in [5, 5.41) is 12.0. The predicted octanol–water partition coefficient (Wildman–Crippen LogP) is 3.22. The van der Waals surface area contributed by atoms with Crippen LogP contribution in [0.1, 0.15) is 31.0 Å². The SMILES string of the molecule is CC(C)c1ccc(Nc2nccnc2C#N)cc1. The van der Waals surface area contributed by atoms with E-state index in [1.807, 2.05) is 18.2 Å². The van der Waals surface area contributed by atoms with Crippen molar-refractivity contribution in [2.24, 2.45) is 0 Å². The Hall–Kier alpha value is -2.41. The molecule has 0 bridgehead atoms. The number of nitrogens with zero attached hydrogens (tertiary/aromatic N) is 3. The van der Waals surface area contributed by atoms with Gasteiger partial charge in [0.2, 0.25) is 0 Å². The maximum absolute atomic E-state index is 8.92. The summed E-state index contributed by atoms with van der Waals surface area (Å²) in [6.45, 7) is 4.30. The average Bonchev–Trinajstić information content (AvgIpc) is 2.40. The summed E-state index contributed by atoms with van der Waals surface area (Å²) >= 11 is 0. The van der Waals surface area contributed by atoms with E-state index in [0.717, 1.165) is 5.69 Å². The maximum Gasteiger partial charge on any atom is 0.183 e. The van der Waals surface area contributed by atoms with Crippen molar-refractivity contribution in [3.8, 4) is 6.07 Å². The van der Waals surface area contributed by atoms with Crippen LogP contribution in [0.4, 0.5) is 11.5 Å². The first-order valence-electron chi connectivity index (χ1n) is 5.79. The van der Waals surface area contributed by atoms with Gasteiger partial charge in [0.15, 0.2) is 11.5 Å². The molecule has 1 aromatic heterocycles. The molecule has 1 heterocycles. The van der Waals surface area contributed by atoms with Crippen LogP contribution in [0, 0.1) is 11.3 Å². The lowest BCUT2D eigenvalue weighted by Gasteiger charge is -2.09. The van der Waals surface area contributed by atoms with Crippen molar-refractivity contribution in [2.45, 2.75) is 19.8 Å². The first-order chi connectivity index (χ1) is 8.70. The molecule has 0 aliphatic heterocycles. The Labute approximate surface area is 106 Å². The summed E-state index contributed by atoms with van der Waals surface area (Å²) in [6.07, 6.45) is 3.07. The zero-order valence-electron chi connectivity index (χ0n) is 10.4. The minimum absolute atomic E-state index is 0.297. The Kier molecular flexibility index (Phi) is 3.54. The smallest absolute Gasteiger partial charge is 0.183 e. The van der Waals surface area contributed by atoms with E-state index < -0.39 is 0 Å². The molecule has 1 aromatic carbocycles. The first kappa shape index (κ1) is 12.1. The molecule has 2 aromatic rings.